The van der Waals surface area contributed by atoms with Crippen molar-refractivity contribution in [3.05, 3.63) is 48.5 Å². The molecule has 0 bridgehead atoms. The largest absolute Gasteiger partial charge is 0.658 e. The highest BCUT2D eigenvalue weighted by molar-refractivity contribution is 6.21. The lowest BCUT2D eigenvalue weighted by molar-refractivity contribution is 0.461. The van der Waals surface area contributed by atoms with Crippen LogP contribution in [0, 0.1) is 0 Å². The molecule has 0 heterocycles. The number of hydrogen-bond donors (Lipinski definition) is 2. The highest BCUT2D eigenvalue weighted by atomic mass is 16.6. The molecule has 0 saturated heterocycles. The molecule has 0 fully saturated rings. The first-order chi connectivity index (χ1) is 8.27. The topological polar surface area (TPSA) is 70.5 Å². The standard InChI is InChI=1S/C12H12BN2O2/c14-9-5-1-3-7-11(9)16-13-17-12-8-4-2-6-10(12)15/h1-8H,14-15H2. The van der Waals surface area contributed by atoms with Gasteiger partial charge in [-0.3, -0.25) is 0 Å². The Morgan fingerprint density at radius 2 is 1.12 bits per heavy atom. The average Bonchev–Trinajstić information content (AvgIpc) is 2.34. The molecule has 4 nitrogen and oxygen atoms in total. The minimum atomic E-state index is 0.544. The number of hydrogen-bond acceptors (Lipinski definition) is 4. The molecule has 0 aliphatic rings. The summed E-state index contributed by atoms with van der Waals surface area (Å²) in [6.45, 7) is 0. The van der Waals surface area contributed by atoms with Crippen LogP contribution in [-0.4, -0.2) is 7.69 Å². The van der Waals surface area contributed by atoms with Crippen LogP contribution in [-0.2, 0) is 0 Å². The molecule has 0 aliphatic carbocycles. The number of para-hydroxylation sites is 4. The van der Waals surface area contributed by atoms with Crippen molar-refractivity contribution in [2.75, 3.05) is 11.5 Å². The molecule has 0 aromatic heterocycles. The molecule has 5 heteroatoms. The Labute approximate surface area is 100 Å². The summed E-state index contributed by atoms with van der Waals surface area (Å²) in [6.07, 6.45) is 0. The first-order valence-electron chi connectivity index (χ1n) is 5.11. The molecule has 0 atom stereocenters. The van der Waals surface area contributed by atoms with Crippen molar-refractivity contribution in [3.63, 3.8) is 0 Å². The van der Waals surface area contributed by atoms with Crippen LogP contribution in [0.4, 0.5) is 11.4 Å². The maximum atomic E-state index is 5.70. The summed E-state index contributed by atoms with van der Waals surface area (Å²) in [4.78, 5) is 0. The predicted molar refractivity (Wildman–Crippen MR) is 68.7 cm³/mol. The zero-order chi connectivity index (χ0) is 12.1. The summed E-state index contributed by atoms with van der Waals surface area (Å²) in [5, 5.41) is 0. The minimum absolute atomic E-state index is 0.544. The van der Waals surface area contributed by atoms with Gasteiger partial charge in [-0.2, -0.15) is 0 Å². The molecular weight excluding hydrogens is 215 g/mol. The third-order valence-corrected chi connectivity index (χ3v) is 2.19. The van der Waals surface area contributed by atoms with Gasteiger partial charge in [0.2, 0.25) is 0 Å². The monoisotopic (exact) mass is 227 g/mol. The molecular formula is C12H12BN2O2. The van der Waals surface area contributed by atoms with E-state index in [0.717, 1.165) is 0 Å². The second-order valence-corrected chi connectivity index (χ2v) is 3.41. The molecule has 0 aliphatic heterocycles. The van der Waals surface area contributed by atoms with Crippen LogP contribution in [0.2, 0.25) is 0 Å². The van der Waals surface area contributed by atoms with E-state index >= 15 is 0 Å². The molecule has 0 spiro atoms. The van der Waals surface area contributed by atoms with E-state index in [1.807, 2.05) is 24.3 Å². The second kappa shape index (κ2) is 5.16. The van der Waals surface area contributed by atoms with Crippen molar-refractivity contribution in [3.8, 4) is 11.5 Å². The van der Waals surface area contributed by atoms with Gasteiger partial charge < -0.3 is 20.8 Å². The summed E-state index contributed by atoms with van der Waals surface area (Å²) in [5.41, 5.74) is 12.5. The molecule has 2 aromatic carbocycles. The van der Waals surface area contributed by atoms with E-state index < -0.39 is 0 Å². The second-order valence-electron chi connectivity index (χ2n) is 3.41. The smallest absolute Gasteiger partial charge is 0.525 e. The Bertz CT molecular complexity index is 460. The van der Waals surface area contributed by atoms with Crippen molar-refractivity contribution in [2.45, 2.75) is 0 Å². The highest BCUT2D eigenvalue weighted by Crippen LogP contribution is 2.21. The molecule has 2 rings (SSSR count). The van der Waals surface area contributed by atoms with Crippen molar-refractivity contribution in [2.24, 2.45) is 0 Å². The van der Waals surface area contributed by atoms with Gasteiger partial charge in [0.25, 0.3) is 0 Å². The van der Waals surface area contributed by atoms with Crippen molar-refractivity contribution in [1.29, 1.82) is 0 Å². The van der Waals surface area contributed by atoms with E-state index in [4.69, 9.17) is 20.8 Å². The van der Waals surface area contributed by atoms with Crippen LogP contribution in [0.15, 0.2) is 48.5 Å². The molecule has 0 amide bonds. The van der Waals surface area contributed by atoms with Crippen molar-refractivity contribution >= 4 is 19.1 Å². The normalized spacial score (nSPS) is 9.65. The van der Waals surface area contributed by atoms with Crippen LogP contribution in [0.1, 0.15) is 0 Å². The third kappa shape index (κ3) is 2.84. The lowest BCUT2D eigenvalue weighted by Gasteiger charge is -2.09. The summed E-state index contributed by atoms with van der Waals surface area (Å²) in [5.74, 6) is 1.09. The number of anilines is 2. The number of benzene rings is 2. The fraction of sp³-hybridized carbons (Fsp3) is 0. The van der Waals surface area contributed by atoms with Gasteiger partial charge in [0.1, 0.15) is 11.5 Å². The highest BCUT2D eigenvalue weighted by Gasteiger charge is 2.05. The maximum absolute atomic E-state index is 5.70. The van der Waals surface area contributed by atoms with Crippen LogP contribution in [0.5, 0.6) is 11.5 Å². The maximum Gasteiger partial charge on any atom is 0.658 e. The molecule has 4 N–H and O–H groups in total. The Kier molecular flexibility index (Phi) is 3.40. The molecule has 85 valence electrons. The molecule has 2 aromatic rings. The van der Waals surface area contributed by atoms with Crippen LogP contribution >= 0.6 is 0 Å². The number of nitrogen functional groups attached to an aromatic ring is 2. The number of rotatable bonds is 4. The lowest BCUT2D eigenvalue weighted by Crippen LogP contribution is -2.12. The van der Waals surface area contributed by atoms with Gasteiger partial charge in [0.15, 0.2) is 0 Å². The summed E-state index contributed by atoms with van der Waals surface area (Å²) in [7, 11) is 1.21. The van der Waals surface area contributed by atoms with Gasteiger partial charge in [-0.05, 0) is 24.3 Å². The van der Waals surface area contributed by atoms with E-state index in [0.29, 0.717) is 22.9 Å². The summed E-state index contributed by atoms with van der Waals surface area (Å²) < 4.78 is 10.5. The van der Waals surface area contributed by atoms with E-state index in [-0.39, 0.29) is 0 Å². The number of nitrogens with two attached hydrogens (primary N) is 2. The summed E-state index contributed by atoms with van der Waals surface area (Å²) >= 11 is 0. The molecule has 1 radical (unpaired) electrons. The van der Waals surface area contributed by atoms with Gasteiger partial charge in [0.05, 0.1) is 11.4 Å². The summed E-state index contributed by atoms with van der Waals surface area (Å²) in [6, 6.07) is 14.3. The quantitative estimate of drug-likeness (QED) is 0.617. The Morgan fingerprint density at radius 1 is 0.706 bits per heavy atom. The van der Waals surface area contributed by atoms with Gasteiger partial charge in [-0.1, -0.05) is 24.3 Å². The fourth-order valence-corrected chi connectivity index (χ4v) is 1.30. The van der Waals surface area contributed by atoms with E-state index in [2.05, 4.69) is 0 Å². The van der Waals surface area contributed by atoms with Crippen molar-refractivity contribution in [1.82, 2.24) is 0 Å². The molecule has 0 unspecified atom stereocenters. The minimum Gasteiger partial charge on any atom is -0.525 e. The molecule has 0 saturated carbocycles. The van der Waals surface area contributed by atoms with Gasteiger partial charge in [-0.25, -0.2) is 0 Å². The third-order valence-electron chi connectivity index (χ3n) is 2.19. The lowest BCUT2D eigenvalue weighted by atomic mass is 10.2. The first-order valence-corrected chi connectivity index (χ1v) is 5.11. The van der Waals surface area contributed by atoms with Crippen molar-refractivity contribution < 1.29 is 9.31 Å². The fourth-order valence-electron chi connectivity index (χ4n) is 1.30. The van der Waals surface area contributed by atoms with Crippen LogP contribution in [0.25, 0.3) is 0 Å². The Hall–Kier alpha value is -2.30. The Morgan fingerprint density at radius 3 is 1.53 bits per heavy atom. The first kappa shape index (κ1) is 11.2. The van der Waals surface area contributed by atoms with E-state index in [9.17, 15) is 0 Å². The van der Waals surface area contributed by atoms with Crippen LogP contribution in [0.3, 0.4) is 0 Å². The average molecular weight is 227 g/mol. The van der Waals surface area contributed by atoms with Gasteiger partial charge >= 0.3 is 7.69 Å². The van der Waals surface area contributed by atoms with E-state index in [1.54, 1.807) is 24.3 Å². The van der Waals surface area contributed by atoms with Gasteiger partial charge in [0, 0.05) is 0 Å². The van der Waals surface area contributed by atoms with E-state index in [1.165, 1.54) is 7.69 Å². The van der Waals surface area contributed by atoms with Crippen LogP contribution < -0.4 is 20.8 Å². The SMILES string of the molecule is Nc1ccccc1O[B]Oc1ccccc1N. The van der Waals surface area contributed by atoms with Gasteiger partial charge in [-0.15, -0.1) is 0 Å². The Balaban J connectivity index is 1.93. The molecule has 17 heavy (non-hydrogen) atoms. The zero-order valence-corrected chi connectivity index (χ0v) is 9.17. The predicted octanol–water partition coefficient (Wildman–Crippen LogP) is 1.84. The zero-order valence-electron chi connectivity index (χ0n) is 9.17.